The van der Waals surface area contributed by atoms with Crippen LogP contribution in [0.15, 0.2) is 59.8 Å². The van der Waals surface area contributed by atoms with Gasteiger partial charge < -0.3 is 4.74 Å². The SMILES string of the molecule is COc1ccc(-n2c(SCc3ccccc3)nnc2C(C)C)cc1. The second-order valence-corrected chi connectivity index (χ2v) is 6.75. The first kappa shape index (κ1) is 16.6. The molecule has 3 rings (SSSR count). The van der Waals surface area contributed by atoms with E-state index >= 15 is 0 Å². The summed E-state index contributed by atoms with van der Waals surface area (Å²) < 4.78 is 7.39. The maximum absolute atomic E-state index is 5.25. The van der Waals surface area contributed by atoms with Crippen molar-refractivity contribution in [1.29, 1.82) is 0 Å². The second-order valence-electron chi connectivity index (χ2n) is 5.80. The van der Waals surface area contributed by atoms with Crippen molar-refractivity contribution in [3.63, 3.8) is 0 Å². The number of hydrogen-bond acceptors (Lipinski definition) is 4. The monoisotopic (exact) mass is 339 g/mol. The second kappa shape index (κ2) is 7.53. The fourth-order valence-electron chi connectivity index (χ4n) is 2.44. The number of hydrogen-bond donors (Lipinski definition) is 0. The van der Waals surface area contributed by atoms with Gasteiger partial charge in [0.1, 0.15) is 11.6 Å². The Morgan fingerprint density at radius 3 is 2.33 bits per heavy atom. The summed E-state index contributed by atoms with van der Waals surface area (Å²) >= 11 is 1.70. The molecule has 0 saturated heterocycles. The van der Waals surface area contributed by atoms with Crippen LogP contribution in [0.4, 0.5) is 0 Å². The number of nitrogens with zero attached hydrogens (tertiary/aromatic N) is 3. The van der Waals surface area contributed by atoms with Gasteiger partial charge in [-0.3, -0.25) is 4.57 Å². The van der Waals surface area contributed by atoms with Crippen LogP contribution >= 0.6 is 11.8 Å². The van der Waals surface area contributed by atoms with E-state index in [2.05, 4.69) is 52.9 Å². The zero-order valence-corrected chi connectivity index (χ0v) is 15.0. The van der Waals surface area contributed by atoms with Crippen molar-refractivity contribution in [1.82, 2.24) is 14.8 Å². The molecule has 3 aromatic rings. The summed E-state index contributed by atoms with van der Waals surface area (Å²) in [6, 6.07) is 18.4. The van der Waals surface area contributed by atoms with Gasteiger partial charge in [-0.25, -0.2) is 0 Å². The first-order valence-electron chi connectivity index (χ1n) is 7.95. The smallest absolute Gasteiger partial charge is 0.196 e. The standard InChI is InChI=1S/C19H21N3OS/c1-14(2)18-20-21-19(24-13-15-7-5-4-6-8-15)22(18)16-9-11-17(23-3)12-10-16/h4-12,14H,13H2,1-3H3. The van der Waals surface area contributed by atoms with Gasteiger partial charge in [0.25, 0.3) is 0 Å². The average Bonchev–Trinajstić information content (AvgIpc) is 3.05. The molecule has 0 aliphatic carbocycles. The summed E-state index contributed by atoms with van der Waals surface area (Å²) in [5.41, 5.74) is 2.33. The lowest BCUT2D eigenvalue weighted by Crippen LogP contribution is -2.04. The van der Waals surface area contributed by atoms with Crippen molar-refractivity contribution in [2.45, 2.75) is 30.7 Å². The fraction of sp³-hybridized carbons (Fsp3) is 0.263. The Kier molecular flexibility index (Phi) is 5.20. The lowest BCUT2D eigenvalue weighted by Gasteiger charge is -2.12. The van der Waals surface area contributed by atoms with E-state index in [0.29, 0.717) is 5.92 Å². The topological polar surface area (TPSA) is 39.9 Å². The van der Waals surface area contributed by atoms with Crippen molar-refractivity contribution < 1.29 is 4.74 Å². The Balaban J connectivity index is 1.91. The minimum Gasteiger partial charge on any atom is -0.497 e. The molecular weight excluding hydrogens is 318 g/mol. The van der Waals surface area contributed by atoms with E-state index < -0.39 is 0 Å². The number of methoxy groups -OCH3 is 1. The summed E-state index contributed by atoms with van der Waals surface area (Å²) in [6.45, 7) is 4.27. The molecule has 24 heavy (non-hydrogen) atoms. The van der Waals surface area contributed by atoms with E-state index in [1.165, 1.54) is 5.56 Å². The highest BCUT2D eigenvalue weighted by Gasteiger charge is 2.17. The number of ether oxygens (including phenoxy) is 1. The molecule has 0 radical (unpaired) electrons. The van der Waals surface area contributed by atoms with Crippen molar-refractivity contribution in [3.8, 4) is 11.4 Å². The predicted molar refractivity (Wildman–Crippen MR) is 98.0 cm³/mol. The third kappa shape index (κ3) is 3.62. The predicted octanol–water partition coefficient (Wildman–Crippen LogP) is 4.69. The van der Waals surface area contributed by atoms with Gasteiger partial charge in [-0.15, -0.1) is 10.2 Å². The maximum Gasteiger partial charge on any atom is 0.196 e. The molecule has 0 bridgehead atoms. The van der Waals surface area contributed by atoms with Crippen LogP contribution in [0, 0.1) is 0 Å². The van der Waals surface area contributed by atoms with E-state index in [4.69, 9.17) is 4.74 Å². The number of rotatable bonds is 6. The number of thioether (sulfide) groups is 1. The molecule has 0 aliphatic heterocycles. The van der Waals surface area contributed by atoms with Crippen LogP contribution in [0.25, 0.3) is 5.69 Å². The van der Waals surface area contributed by atoms with Gasteiger partial charge in [0.15, 0.2) is 5.16 Å². The Morgan fingerprint density at radius 2 is 1.71 bits per heavy atom. The molecule has 5 heteroatoms. The van der Waals surface area contributed by atoms with Crippen LogP contribution in [-0.2, 0) is 5.75 Å². The fourth-order valence-corrected chi connectivity index (χ4v) is 3.36. The quantitative estimate of drug-likeness (QED) is 0.611. The summed E-state index contributed by atoms with van der Waals surface area (Å²) in [5.74, 6) is 2.98. The van der Waals surface area contributed by atoms with Crippen molar-refractivity contribution >= 4 is 11.8 Å². The van der Waals surface area contributed by atoms with Crippen LogP contribution < -0.4 is 4.74 Å². The molecule has 0 amide bonds. The van der Waals surface area contributed by atoms with E-state index in [0.717, 1.165) is 28.2 Å². The summed E-state index contributed by atoms with van der Waals surface area (Å²) in [4.78, 5) is 0. The molecule has 0 atom stereocenters. The molecule has 0 aliphatic rings. The van der Waals surface area contributed by atoms with Gasteiger partial charge in [-0.05, 0) is 29.8 Å². The summed E-state index contributed by atoms with van der Waals surface area (Å²) in [6.07, 6.45) is 0. The van der Waals surface area contributed by atoms with Crippen LogP contribution in [0.2, 0.25) is 0 Å². The average molecular weight is 339 g/mol. The van der Waals surface area contributed by atoms with E-state index in [9.17, 15) is 0 Å². The highest BCUT2D eigenvalue weighted by Crippen LogP contribution is 2.28. The van der Waals surface area contributed by atoms with Crippen molar-refractivity contribution in [3.05, 3.63) is 66.0 Å². The molecular formula is C19H21N3OS. The van der Waals surface area contributed by atoms with Gasteiger partial charge in [-0.1, -0.05) is 55.9 Å². The Bertz CT molecular complexity index is 782. The van der Waals surface area contributed by atoms with Crippen molar-refractivity contribution in [2.75, 3.05) is 7.11 Å². The molecule has 2 aromatic carbocycles. The molecule has 0 saturated carbocycles. The van der Waals surface area contributed by atoms with E-state index in [1.807, 2.05) is 30.3 Å². The molecule has 0 N–H and O–H groups in total. The highest BCUT2D eigenvalue weighted by atomic mass is 32.2. The summed E-state index contributed by atoms with van der Waals surface area (Å²) in [5, 5.41) is 9.73. The molecule has 1 aromatic heterocycles. The van der Waals surface area contributed by atoms with Crippen LogP contribution in [0.3, 0.4) is 0 Å². The zero-order valence-electron chi connectivity index (χ0n) is 14.1. The zero-order chi connectivity index (χ0) is 16.9. The van der Waals surface area contributed by atoms with Gasteiger partial charge in [0, 0.05) is 17.4 Å². The normalized spacial score (nSPS) is 11.0. The van der Waals surface area contributed by atoms with E-state index in [-0.39, 0.29) is 0 Å². The van der Waals surface area contributed by atoms with Crippen molar-refractivity contribution in [2.24, 2.45) is 0 Å². The third-order valence-electron chi connectivity index (χ3n) is 3.72. The van der Waals surface area contributed by atoms with Gasteiger partial charge in [0.05, 0.1) is 7.11 Å². The largest absolute Gasteiger partial charge is 0.497 e. The third-order valence-corrected chi connectivity index (χ3v) is 4.72. The van der Waals surface area contributed by atoms with Crippen LogP contribution in [0.1, 0.15) is 31.2 Å². The molecule has 0 spiro atoms. The minimum absolute atomic E-state index is 0.297. The number of aromatic nitrogens is 3. The van der Waals surface area contributed by atoms with Crippen LogP contribution in [-0.4, -0.2) is 21.9 Å². The first-order chi connectivity index (χ1) is 11.7. The minimum atomic E-state index is 0.297. The summed E-state index contributed by atoms with van der Waals surface area (Å²) in [7, 11) is 1.68. The molecule has 4 nitrogen and oxygen atoms in total. The van der Waals surface area contributed by atoms with Gasteiger partial charge >= 0.3 is 0 Å². The Labute approximate surface area is 146 Å². The van der Waals surface area contributed by atoms with E-state index in [1.54, 1.807) is 18.9 Å². The first-order valence-corrected chi connectivity index (χ1v) is 8.94. The molecule has 0 unspecified atom stereocenters. The number of benzene rings is 2. The Hall–Kier alpha value is -2.27. The van der Waals surface area contributed by atoms with Gasteiger partial charge in [0.2, 0.25) is 0 Å². The lowest BCUT2D eigenvalue weighted by molar-refractivity contribution is 0.414. The Morgan fingerprint density at radius 1 is 1.00 bits per heavy atom. The molecule has 1 heterocycles. The molecule has 0 fully saturated rings. The highest BCUT2D eigenvalue weighted by molar-refractivity contribution is 7.98. The molecule has 124 valence electrons. The van der Waals surface area contributed by atoms with Gasteiger partial charge in [-0.2, -0.15) is 0 Å². The lowest BCUT2D eigenvalue weighted by atomic mass is 10.2. The van der Waals surface area contributed by atoms with Crippen LogP contribution in [0.5, 0.6) is 5.75 Å². The maximum atomic E-state index is 5.25.